The van der Waals surface area contributed by atoms with Crippen LogP contribution in [-0.4, -0.2) is 19.1 Å². The van der Waals surface area contributed by atoms with Crippen molar-refractivity contribution >= 4 is 5.97 Å². The van der Waals surface area contributed by atoms with Crippen molar-refractivity contribution in [1.29, 1.82) is 0 Å². The lowest BCUT2D eigenvalue weighted by molar-refractivity contribution is -0.157. The molecule has 0 radical (unpaired) electrons. The summed E-state index contributed by atoms with van der Waals surface area (Å²) < 4.78 is 5.33. The SMILES string of the molecule is CCCCC(CC)CC(CN)(CC(C)C)C(=O)OCC. The number of hydrogen-bond donors (Lipinski definition) is 1. The molecule has 0 bridgehead atoms. The fraction of sp³-hybridized carbons (Fsp3) is 0.941. The molecule has 0 aromatic carbocycles. The van der Waals surface area contributed by atoms with Crippen molar-refractivity contribution in [2.45, 2.75) is 73.1 Å². The second-order valence-electron chi connectivity index (χ2n) is 6.42. The maximum atomic E-state index is 12.5. The second kappa shape index (κ2) is 10.2. The third-order valence-corrected chi connectivity index (χ3v) is 4.12. The molecule has 3 heteroatoms. The summed E-state index contributed by atoms with van der Waals surface area (Å²) in [6, 6.07) is 0. The highest BCUT2D eigenvalue weighted by Gasteiger charge is 2.40. The first kappa shape index (κ1) is 19.4. The molecule has 0 aliphatic rings. The van der Waals surface area contributed by atoms with E-state index in [0.29, 0.717) is 25.0 Å². The molecule has 0 aromatic rings. The van der Waals surface area contributed by atoms with E-state index in [9.17, 15) is 4.79 Å². The molecule has 0 aliphatic heterocycles. The van der Waals surface area contributed by atoms with Crippen molar-refractivity contribution in [1.82, 2.24) is 0 Å². The summed E-state index contributed by atoms with van der Waals surface area (Å²) in [5.74, 6) is 0.930. The summed E-state index contributed by atoms with van der Waals surface area (Å²) >= 11 is 0. The molecule has 120 valence electrons. The van der Waals surface area contributed by atoms with E-state index in [1.165, 1.54) is 19.3 Å². The van der Waals surface area contributed by atoms with Crippen LogP contribution in [0.5, 0.6) is 0 Å². The normalized spacial score (nSPS) is 15.9. The van der Waals surface area contributed by atoms with Gasteiger partial charge in [0.15, 0.2) is 0 Å². The molecule has 20 heavy (non-hydrogen) atoms. The lowest BCUT2D eigenvalue weighted by atomic mass is 9.72. The topological polar surface area (TPSA) is 52.3 Å². The van der Waals surface area contributed by atoms with Gasteiger partial charge in [-0.3, -0.25) is 4.79 Å². The monoisotopic (exact) mass is 285 g/mol. The van der Waals surface area contributed by atoms with Crippen molar-refractivity contribution in [3.63, 3.8) is 0 Å². The van der Waals surface area contributed by atoms with Gasteiger partial charge in [0.25, 0.3) is 0 Å². The van der Waals surface area contributed by atoms with Gasteiger partial charge in [0, 0.05) is 6.54 Å². The largest absolute Gasteiger partial charge is 0.466 e. The van der Waals surface area contributed by atoms with Crippen LogP contribution in [0.25, 0.3) is 0 Å². The average Bonchev–Trinajstić information content (AvgIpc) is 2.41. The van der Waals surface area contributed by atoms with Gasteiger partial charge in [-0.15, -0.1) is 0 Å². The zero-order valence-corrected chi connectivity index (χ0v) is 14.2. The van der Waals surface area contributed by atoms with Crippen LogP contribution in [0.2, 0.25) is 0 Å². The van der Waals surface area contributed by atoms with Crippen LogP contribution in [0.1, 0.15) is 73.1 Å². The van der Waals surface area contributed by atoms with E-state index in [1.807, 2.05) is 6.92 Å². The Morgan fingerprint density at radius 3 is 2.25 bits per heavy atom. The Morgan fingerprint density at radius 2 is 1.85 bits per heavy atom. The Bertz CT molecular complexity index is 266. The smallest absolute Gasteiger partial charge is 0.313 e. The molecule has 2 atom stereocenters. The average molecular weight is 285 g/mol. The zero-order valence-electron chi connectivity index (χ0n) is 14.2. The van der Waals surface area contributed by atoms with E-state index in [1.54, 1.807) is 0 Å². The van der Waals surface area contributed by atoms with Crippen molar-refractivity contribution in [3.8, 4) is 0 Å². The predicted molar refractivity (Wildman–Crippen MR) is 85.5 cm³/mol. The van der Waals surface area contributed by atoms with Gasteiger partial charge in [-0.1, -0.05) is 53.4 Å². The number of hydrogen-bond acceptors (Lipinski definition) is 3. The maximum Gasteiger partial charge on any atom is 0.313 e. The Hall–Kier alpha value is -0.570. The number of carbonyl (C=O) groups excluding carboxylic acids is 1. The van der Waals surface area contributed by atoms with Gasteiger partial charge in [0.2, 0.25) is 0 Å². The molecule has 0 spiro atoms. The van der Waals surface area contributed by atoms with Crippen LogP contribution in [0.3, 0.4) is 0 Å². The first-order chi connectivity index (χ1) is 9.45. The predicted octanol–water partition coefficient (Wildman–Crippen LogP) is 4.15. The lowest BCUT2D eigenvalue weighted by Gasteiger charge is -2.35. The zero-order chi connectivity index (χ0) is 15.6. The van der Waals surface area contributed by atoms with Gasteiger partial charge >= 0.3 is 5.97 Å². The molecular weight excluding hydrogens is 250 g/mol. The second-order valence-corrected chi connectivity index (χ2v) is 6.42. The summed E-state index contributed by atoms with van der Waals surface area (Å²) in [7, 11) is 0. The van der Waals surface area contributed by atoms with Gasteiger partial charge in [0.1, 0.15) is 0 Å². The molecule has 0 heterocycles. The molecule has 0 fully saturated rings. The molecular formula is C17H35NO2. The van der Waals surface area contributed by atoms with Crippen LogP contribution in [0.4, 0.5) is 0 Å². The van der Waals surface area contributed by atoms with E-state index in [-0.39, 0.29) is 5.97 Å². The summed E-state index contributed by atoms with van der Waals surface area (Å²) in [4.78, 5) is 12.5. The lowest BCUT2D eigenvalue weighted by Crippen LogP contribution is -2.42. The molecule has 0 rings (SSSR count). The first-order valence-corrected chi connectivity index (χ1v) is 8.32. The molecule has 0 saturated carbocycles. The molecule has 2 unspecified atom stereocenters. The standard InChI is InChI=1S/C17H35NO2/c1-6-9-10-15(7-2)12-17(13-18,11-14(4)5)16(19)20-8-3/h14-15H,6-13,18H2,1-5H3. The Labute approximate surface area is 125 Å². The molecule has 0 aliphatic carbocycles. The third-order valence-electron chi connectivity index (χ3n) is 4.12. The van der Waals surface area contributed by atoms with E-state index in [4.69, 9.17) is 10.5 Å². The number of nitrogens with two attached hydrogens (primary N) is 1. The van der Waals surface area contributed by atoms with Crippen molar-refractivity contribution in [2.24, 2.45) is 23.0 Å². The van der Waals surface area contributed by atoms with E-state index in [0.717, 1.165) is 19.3 Å². The minimum absolute atomic E-state index is 0.0915. The first-order valence-electron chi connectivity index (χ1n) is 8.32. The van der Waals surface area contributed by atoms with Gasteiger partial charge in [-0.2, -0.15) is 0 Å². The number of esters is 1. The van der Waals surface area contributed by atoms with Crippen molar-refractivity contribution in [2.75, 3.05) is 13.2 Å². The number of ether oxygens (including phenoxy) is 1. The minimum atomic E-state index is -0.488. The Kier molecular flexibility index (Phi) is 9.91. The van der Waals surface area contributed by atoms with Gasteiger partial charge in [0.05, 0.1) is 12.0 Å². The van der Waals surface area contributed by atoms with Crippen LogP contribution < -0.4 is 5.73 Å². The number of unbranched alkanes of at least 4 members (excludes halogenated alkanes) is 1. The van der Waals surface area contributed by atoms with Crippen molar-refractivity contribution < 1.29 is 9.53 Å². The third kappa shape index (κ3) is 6.25. The summed E-state index contributed by atoms with van der Waals surface area (Å²) in [5, 5.41) is 0. The van der Waals surface area contributed by atoms with Crippen LogP contribution in [0.15, 0.2) is 0 Å². The molecule has 0 aromatic heterocycles. The van der Waals surface area contributed by atoms with Crippen LogP contribution in [-0.2, 0) is 9.53 Å². The highest BCUT2D eigenvalue weighted by atomic mass is 16.5. The summed E-state index contributed by atoms with van der Waals surface area (Å²) in [6.07, 6.45) is 6.42. The number of rotatable bonds is 11. The fourth-order valence-corrected chi connectivity index (χ4v) is 3.06. The van der Waals surface area contributed by atoms with Crippen LogP contribution >= 0.6 is 0 Å². The fourth-order valence-electron chi connectivity index (χ4n) is 3.06. The molecule has 2 N–H and O–H groups in total. The van der Waals surface area contributed by atoms with Gasteiger partial charge < -0.3 is 10.5 Å². The van der Waals surface area contributed by atoms with Gasteiger partial charge in [-0.25, -0.2) is 0 Å². The highest BCUT2D eigenvalue weighted by molar-refractivity contribution is 5.77. The molecule has 0 amide bonds. The molecule has 3 nitrogen and oxygen atoms in total. The minimum Gasteiger partial charge on any atom is -0.466 e. The maximum absolute atomic E-state index is 12.5. The highest BCUT2D eigenvalue weighted by Crippen LogP contribution is 2.37. The molecule has 0 saturated heterocycles. The number of carbonyl (C=O) groups is 1. The van der Waals surface area contributed by atoms with E-state index < -0.39 is 5.41 Å². The quantitative estimate of drug-likeness (QED) is 0.580. The van der Waals surface area contributed by atoms with Crippen molar-refractivity contribution in [3.05, 3.63) is 0 Å². The summed E-state index contributed by atoms with van der Waals surface area (Å²) in [6.45, 7) is 11.4. The van der Waals surface area contributed by atoms with E-state index in [2.05, 4.69) is 27.7 Å². The van der Waals surface area contributed by atoms with Gasteiger partial charge in [-0.05, 0) is 31.6 Å². The Morgan fingerprint density at radius 1 is 1.20 bits per heavy atom. The van der Waals surface area contributed by atoms with E-state index >= 15 is 0 Å². The Balaban J connectivity index is 5.01. The van der Waals surface area contributed by atoms with Crippen LogP contribution in [0, 0.1) is 17.3 Å². The summed E-state index contributed by atoms with van der Waals surface area (Å²) in [5.41, 5.74) is 5.53.